The minimum absolute atomic E-state index is 0.0470. The molecular weight excluding hydrogens is 540 g/mol. The number of nitrogens with zero attached hydrogens (tertiary/aromatic N) is 1. The molecule has 0 spiro atoms. The second-order valence-corrected chi connectivity index (χ2v) is 12.5. The van der Waals surface area contributed by atoms with Gasteiger partial charge in [-0.3, -0.25) is 14.4 Å². The van der Waals surface area contributed by atoms with E-state index in [2.05, 4.69) is 33.0 Å². The Labute approximate surface area is 249 Å². The molecule has 1 fully saturated rings. The minimum atomic E-state index is -1.25. The van der Waals surface area contributed by atoms with E-state index in [0.717, 1.165) is 18.4 Å². The van der Waals surface area contributed by atoms with Gasteiger partial charge in [-0.05, 0) is 55.4 Å². The van der Waals surface area contributed by atoms with Gasteiger partial charge in [0.25, 0.3) is 0 Å². The number of amides is 2. The van der Waals surface area contributed by atoms with E-state index in [1.54, 1.807) is 4.90 Å². The first-order valence-corrected chi connectivity index (χ1v) is 15.0. The third kappa shape index (κ3) is 6.75. The Morgan fingerprint density at radius 2 is 1.88 bits per heavy atom. The van der Waals surface area contributed by atoms with Gasteiger partial charge in [0.1, 0.15) is 5.41 Å². The van der Waals surface area contributed by atoms with Crippen LogP contribution in [0.25, 0.3) is 0 Å². The zero-order chi connectivity index (χ0) is 30.5. The second kappa shape index (κ2) is 13.5. The summed E-state index contributed by atoms with van der Waals surface area (Å²) < 4.78 is 28.4. The highest BCUT2D eigenvalue weighted by Gasteiger charge is 2.60. The highest BCUT2D eigenvalue weighted by molar-refractivity contribution is 5.92. The molecule has 1 aromatic rings. The molecule has 42 heavy (non-hydrogen) atoms. The number of hydrogen-bond acceptors (Lipinski definition) is 8. The Hall–Kier alpha value is -3.11. The number of benzene rings is 1. The number of fused-ring (bicyclic) bond motifs is 2. The minimum Gasteiger partial charge on any atom is -0.468 e. The Morgan fingerprint density at radius 1 is 1.14 bits per heavy atom. The predicted octanol–water partition coefficient (Wildman–Crippen LogP) is 4.35. The number of ether oxygens (including phenoxy) is 5. The summed E-state index contributed by atoms with van der Waals surface area (Å²) in [6, 6.07) is 5.54. The average molecular weight is 587 g/mol. The van der Waals surface area contributed by atoms with Crippen molar-refractivity contribution in [2.75, 3.05) is 33.7 Å². The third-order valence-electron chi connectivity index (χ3n) is 8.33. The molecule has 0 bridgehead atoms. The quantitative estimate of drug-likeness (QED) is 0.284. The predicted molar refractivity (Wildman–Crippen MR) is 156 cm³/mol. The molecule has 0 aromatic heterocycles. The summed E-state index contributed by atoms with van der Waals surface area (Å²) in [4.78, 5) is 42.5. The molecule has 2 amide bonds. The number of carbonyl (C=O) groups excluding carboxylic acids is 3. The third-order valence-corrected chi connectivity index (χ3v) is 8.33. The van der Waals surface area contributed by atoms with Crippen molar-refractivity contribution in [3.8, 4) is 11.5 Å². The van der Waals surface area contributed by atoms with Gasteiger partial charge < -0.3 is 33.9 Å². The van der Waals surface area contributed by atoms with Crippen molar-refractivity contribution >= 4 is 17.8 Å². The van der Waals surface area contributed by atoms with E-state index in [9.17, 15) is 14.4 Å². The summed E-state index contributed by atoms with van der Waals surface area (Å²) in [6.45, 7) is 12.2. The van der Waals surface area contributed by atoms with Crippen LogP contribution < -0.4 is 14.8 Å². The Morgan fingerprint density at radius 3 is 2.60 bits per heavy atom. The van der Waals surface area contributed by atoms with Crippen LogP contribution in [0.5, 0.6) is 11.5 Å². The van der Waals surface area contributed by atoms with Crippen molar-refractivity contribution in [1.29, 1.82) is 0 Å². The van der Waals surface area contributed by atoms with Gasteiger partial charge in [0, 0.05) is 37.8 Å². The van der Waals surface area contributed by atoms with Gasteiger partial charge in [-0.25, -0.2) is 0 Å². The topological polar surface area (TPSA) is 113 Å². The molecule has 1 N–H and O–H groups in total. The monoisotopic (exact) mass is 586 g/mol. The van der Waals surface area contributed by atoms with E-state index >= 15 is 0 Å². The lowest BCUT2D eigenvalue weighted by atomic mass is 9.65. The van der Waals surface area contributed by atoms with Crippen LogP contribution in [-0.4, -0.2) is 68.6 Å². The lowest BCUT2D eigenvalue weighted by Crippen LogP contribution is -2.61. The molecule has 1 aromatic carbocycles. The van der Waals surface area contributed by atoms with Crippen molar-refractivity contribution in [2.45, 2.75) is 85.5 Å². The molecule has 3 aliphatic heterocycles. The van der Waals surface area contributed by atoms with Gasteiger partial charge in [0.05, 0.1) is 25.9 Å². The molecule has 4 rings (SSSR count). The zero-order valence-electron chi connectivity index (χ0n) is 25.8. The number of methoxy groups -OCH3 is 1. The van der Waals surface area contributed by atoms with E-state index in [0.29, 0.717) is 43.4 Å². The van der Waals surface area contributed by atoms with Gasteiger partial charge in [0.2, 0.25) is 18.6 Å². The maximum atomic E-state index is 14.2. The number of esters is 1. The van der Waals surface area contributed by atoms with Crippen LogP contribution in [0.15, 0.2) is 30.0 Å². The van der Waals surface area contributed by atoms with E-state index in [1.165, 1.54) is 7.11 Å². The zero-order valence-corrected chi connectivity index (χ0v) is 25.8. The molecule has 232 valence electrons. The van der Waals surface area contributed by atoms with Crippen molar-refractivity contribution in [3.05, 3.63) is 35.5 Å². The molecule has 3 aliphatic rings. The van der Waals surface area contributed by atoms with E-state index in [-0.39, 0.29) is 49.5 Å². The van der Waals surface area contributed by atoms with Crippen LogP contribution in [0.4, 0.5) is 0 Å². The lowest BCUT2D eigenvalue weighted by Gasteiger charge is -2.53. The molecular formula is C32H46N2O8. The number of carbonyl (C=O) groups is 3. The SMILES string of the molecule is CCCCOCCCNC(=O)C[C@H]1C[C@@]2(C(=O)OC)C(=C[C@H](C(C)(C)C)O[C@@H]2C)N(Cc2ccc3c(c2)OCO3)C1=O. The summed E-state index contributed by atoms with van der Waals surface area (Å²) in [5, 5.41) is 2.92. The number of likely N-dealkylation sites (tertiary alicyclic amines) is 1. The largest absolute Gasteiger partial charge is 0.468 e. The van der Waals surface area contributed by atoms with Crippen LogP contribution in [-0.2, 0) is 35.1 Å². The smallest absolute Gasteiger partial charge is 0.320 e. The molecule has 4 atom stereocenters. The molecule has 1 saturated heterocycles. The molecule has 3 heterocycles. The van der Waals surface area contributed by atoms with Crippen LogP contribution >= 0.6 is 0 Å². The number of piperidine rings is 1. The fourth-order valence-corrected chi connectivity index (χ4v) is 5.87. The van der Waals surface area contributed by atoms with E-state index < -0.39 is 23.4 Å². The standard InChI is InChI=1S/C32H46N2O8/c1-7-8-13-39-14-9-12-33-28(35)16-23-18-32(30(37)38-6)21(2)42-27(31(3,4)5)17-26(32)34(29(23)36)19-22-10-11-24-25(15-22)41-20-40-24/h10-11,15,17,21,23,27H,7-9,12-14,16,18-20H2,1-6H3,(H,33,35)/t21-,23+,27-,32+/m1/s1. The summed E-state index contributed by atoms with van der Waals surface area (Å²) >= 11 is 0. The second-order valence-electron chi connectivity index (χ2n) is 12.5. The molecule has 0 saturated carbocycles. The summed E-state index contributed by atoms with van der Waals surface area (Å²) in [5.41, 5.74) is -0.157. The molecule has 10 nitrogen and oxygen atoms in total. The van der Waals surface area contributed by atoms with Gasteiger partial charge in [0.15, 0.2) is 11.5 Å². The Kier molecular flexibility index (Phi) is 10.2. The first-order valence-electron chi connectivity index (χ1n) is 15.0. The van der Waals surface area contributed by atoms with Crippen LogP contribution in [0.1, 0.15) is 72.3 Å². The van der Waals surface area contributed by atoms with Crippen LogP contribution in [0.2, 0.25) is 0 Å². The highest BCUT2D eigenvalue weighted by atomic mass is 16.7. The van der Waals surface area contributed by atoms with Crippen molar-refractivity contribution in [2.24, 2.45) is 16.7 Å². The Bertz CT molecular complexity index is 1180. The number of unbranched alkanes of at least 4 members (excludes halogenated alkanes) is 1. The van der Waals surface area contributed by atoms with Gasteiger partial charge in [-0.1, -0.05) is 40.2 Å². The van der Waals surface area contributed by atoms with Gasteiger partial charge in [-0.2, -0.15) is 0 Å². The highest BCUT2D eigenvalue weighted by Crippen LogP contribution is 2.52. The Balaban J connectivity index is 1.62. The fourth-order valence-electron chi connectivity index (χ4n) is 5.87. The van der Waals surface area contributed by atoms with Gasteiger partial charge >= 0.3 is 5.97 Å². The molecule has 10 heteroatoms. The number of hydrogen-bond donors (Lipinski definition) is 1. The van der Waals surface area contributed by atoms with Crippen molar-refractivity contribution in [1.82, 2.24) is 10.2 Å². The summed E-state index contributed by atoms with van der Waals surface area (Å²) in [6.07, 6.45) is 3.80. The van der Waals surface area contributed by atoms with Crippen molar-refractivity contribution < 1.29 is 38.1 Å². The maximum absolute atomic E-state index is 14.2. The average Bonchev–Trinajstić information content (AvgIpc) is 3.42. The van der Waals surface area contributed by atoms with Crippen LogP contribution in [0.3, 0.4) is 0 Å². The van der Waals surface area contributed by atoms with Gasteiger partial charge in [-0.15, -0.1) is 0 Å². The molecule has 0 radical (unpaired) electrons. The van der Waals surface area contributed by atoms with E-state index in [4.69, 9.17) is 23.7 Å². The lowest BCUT2D eigenvalue weighted by molar-refractivity contribution is -0.180. The molecule has 0 unspecified atom stereocenters. The first kappa shape index (κ1) is 31.8. The van der Waals surface area contributed by atoms with Crippen molar-refractivity contribution in [3.63, 3.8) is 0 Å². The normalized spacial score (nSPS) is 25.1. The maximum Gasteiger partial charge on any atom is 0.320 e. The first-order chi connectivity index (χ1) is 20.0. The summed E-state index contributed by atoms with van der Waals surface area (Å²) in [5.74, 6) is -0.426. The van der Waals surface area contributed by atoms with Crippen LogP contribution in [0, 0.1) is 16.7 Å². The number of rotatable bonds is 12. The summed E-state index contributed by atoms with van der Waals surface area (Å²) in [7, 11) is 1.35. The fraction of sp³-hybridized carbons (Fsp3) is 0.656. The van der Waals surface area contributed by atoms with E-state index in [1.807, 2.05) is 31.2 Å². The molecule has 0 aliphatic carbocycles. The number of nitrogens with one attached hydrogen (secondary N) is 1.